The molecule has 1 fully saturated rings. The molecule has 1 aromatic rings. The fraction of sp³-hybridized carbons (Fsp3) is 0.588. The molecule has 3 unspecified atom stereocenters. The molecule has 1 saturated carbocycles. The number of carbonyl (C=O) groups is 1. The van der Waals surface area contributed by atoms with E-state index in [9.17, 15) is 9.90 Å². The first kappa shape index (κ1) is 16.9. The van der Waals surface area contributed by atoms with Gasteiger partial charge in [-0.2, -0.15) is 0 Å². The summed E-state index contributed by atoms with van der Waals surface area (Å²) in [6.45, 7) is 1.55. The van der Waals surface area contributed by atoms with Crippen LogP contribution < -0.4 is 5.32 Å². The van der Waals surface area contributed by atoms with Gasteiger partial charge in [-0.3, -0.25) is 4.79 Å². The predicted octanol–water partition coefficient (Wildman–Crippen LogP) is 1.50. The van der Waals surface area contributed by atoms with E-state index in [-0.39, 0.29) is 17.9 Å². The Bertz CT molecular complexity index is 451. The lowest BCUT2D eigenvalue weighted by Crippen LogP contribution is -2.42. The number of rotatable bonds is 7. The number of hydrogen-bond donors (Lipinski definition) is 2. The lowest BCUT2D eigenvalue weighted by molar-refractivity contribution is -0.130. The molecule has 0 aliphatic heterocycles. The fourth-order valence-corrected chi connectivity index (χ4v) is 2.76. The Hall–Kier alpha value is -1.43. The first-order valence-electron chi connectivity index (χ1n) is 7.81. The highest BCUT2D eigenvalue weighted by Crippen LogP contribution is 2.26. The van der Waals surface area contributed by atoms with Crippen LogP contribution in [-0.4, -0.2) is 43.5 Å². The normalized spacial score (nSPS) is 24.9. The van der Waals surface area contributed by atoms with Crippen molar-refractivity contribution in [3.8, 4) is 0 Å². The maximum absolute atomic E-state index is 12.1. The molecule has 2 N–H and O–H groups in total. The van der Waals surface area contributed by atoms with Crippen molar-refractivity contribution in [1.29, 1.82) is 0 Å². The monoisotopic (exact) mass is 307 g/mol. The van der Waals surface area contributed by atoms with Crippen LogP contribution in [0, 0.1) is 5.92 Å². The molecule has 0 bridgehead atoms. The van der Waals surface area contributed by atoms with Crippen LogP contribution in [0.3, 0.4) is 0 Å². The summed E-state index contributed by atoms with van der Waals surface area (Å²) >= 11 is 0. The molecule has 0 spiro atoms. The third-order valence-corrected chi connectivity index (χ3v) is 4.09. The SMILES string of the molecule is COC1CC(C(=O)NCCOCc2ccccc2)CCC1O. The van der Waals surface area contributed by atoms with Crippen LogP contribution >= 0.6 is 0 Å². The maximum Gasteiger partial charge on any atom is 0.223 e. The van der Waals surface area contributed by atoms with Crippen molar-refractivity contribution in [3.63, 3.8) is 0 Å². The van der Waals surface area contributed by atoms with Gasteiger partial charge in [0.25, 0.3) is 0 Å². The fourth-order valence-electron chi connectivity index (χ4n) is 2.76. The standard InChI is InChI=1S/C17H25NO4/c1-21-16-11-14(7-8-15(16)19)17(20)18-9-10-22-12-13-5-3-2-4-6-13/h2-6,14-16,19H,7-12H2,1H3,(H,18,20). The van der Waals surface area contributed by atoms with Crippen LogP contribution in [0.5, 0.6) is 0 Å². The van der Waals surface area contributed by atoms with Crippen molar-refractivity contribution in [2.45, 2.75) is 38.1 Å². The van der Waals surface area contributed by atoms with Crippen LogP contribution in [0.1, 0.15) is 24.8 Å². The Labute approximate surface area is 131 Å². The van der Waals surface area contributed by atoms with Crippen molar-refractivity contribution >= 4 is 5.91 Å². The summed E-state index contributed by atoms with van der Waals surface area (Å²) in [5, 5.41) is 12.6. The van der Waals surface area contributed by atoms with Gasteiger partial charge in [-0.05, 0) is 24.8 Å². The minimum atomic E-state index is -0.455. The Balaban J connectivity index is 1.61. The number of amides is 1. The summed E-state index contributed by atoms with van der Waals surface area (Å²) in [5.74, 6) is -0.0558. The first-order valence-corrected chi connectivity index (χ1v) is 7.81. The molecule has 0 aromatic heterocycles. The number of aliphatic hydroxyl groups excluding tert-OH is 1. The zero-order valence-electron chi connectivity index (χ0n) is 13.0. The molecule has 5 heteroatoms. The molecule has 0 saturated heterocycles. The van der Waals surface area contributed by atoms with E-state index in [1.807, 2.05) is 30.3 Å². The van der Waals surface area contributed by atoms with Gasteiger partial charge in [-0.1, -0.05) is 30.3 Å². The number of hydrogen-bond acceptors (Lipinski definition) is 4. The highest BCUT2D eigenvalue weighted by molar-refractivity contribution is 5.78. The topological polar surface area (TPSA) is 67.8 Å². The quantitative estimate of drug-likeness (QED) is 0.749. The summed E-state index contributed by atoms with van der Waals surface area (Å²) < 4.78 is 10.8. The minimum absolute atomic E-state index is 0.0252. The zero-order valence-corrected chi connectivity index (χ0v) is 13.0. The van der Waals surface area contributed by atoms with Gasteiger partial charge in [-0.15, -0.1) is 0 Å². The molecule has 1 aliphatic carbocycles. The lowest BCUT2D eigenvalue weighted by atomic mass is 9.84. The average Bonchev–Trinajstić information content (AvgIpc) is 2.55. The van der Waals surface area contributed by atoms with E-state index in [2.05, 4.69) is 5.32 Å². The van der Waals surface area contributed by atoms with E-state index >= 15 is 0 Å². The van der Waals surface area contributed by atoms with Crippen molar-refractivity contribution in [2.24, 2.45) is 5.92 Å². The lowest BCUT2D eigenvalue weighted by Gasteiger charge is -2.31. The number of benzene rings is 1. The van der Waals surface area contributed by atoms with E-state index in [0.29, 0.717) is 39.0 Å². The predicted molar refractivity (Wildman–Crippen MR) is 83.3 cm³/mol. The van der Waals surface area contributed by atoms with Gasteiger partial charge in [0.1, 0.15) is 0 Å². The Morgan fingerprint density at radius 2 is 2.09 bits per heavy atom. The van der Waals surface area contributed by atoms with Gasteiger partial charge >= 0.3 is 0 Å². The second kappa shape index (κ2) is 8.88. The molecule has 22 heavy (non-hydrogen) atoms. The zero-order chi connectivity index (χ0) is 15.8. The molecular formula is C17H25NO4. The van der Waals surface area contributed by atoms with Crippen LogP contribution in [0.25, 0.3) is 0 Å². The second-order valence-corrected chi connectivity index (χ2v) is 5.68. The van der Waals surface area contributed by atoms with E-state index in [0.717, 1.165) is 5.56 Å². The van der Waals surface area contributed by atoms with Crippen LogP contribution in [0.4, 0.5) is 0 Å². The van der Waals surface area contributed by atoms with Gasteiger partial charge < -0.3 is 19.9 Å². The summed E-state index contributed by atoms with van der Waals surface area (Å²) in [5.41, 5.74) is 1.12. The summed E-state index contributed by atoms with van der Waals surface area (Å²) in [6, 6.07) is 9.94. The molecule has 1 amide bonds. The summed E-state index contributed by atoms with van der Waals surface area (Å²) in [4.78, 5) is 12.1. The molecule has 1 aliphatic rings. The number of nitrogens with one attached hydrogen (secondary N) is 1. The van der Waals surface area contributed by atoms with Gasteiger partial charge in [0.05, 0.1) is 25.4 Å². The van der Waals surface area contributed by atoms with Crippen molar-refractivity contribution < 1.29 is 19.4 Å². The second-order valence-electron chi connectivity index (χ2n) is 5.68. The third-order valence-electron chi connectivity index (χ3n) is 4.09. The molecule has 0 radical (unpaired) electrons. The third kappa shape index (κ3) is 5.09. The Morgan fingerprint density at radius 1 is 1.32 bits per heavy atom. The summed E-state index contributed by atoms with van der Waals surface area (Å²) in [6.07, 6.45) is 1.20. The van der Waals surface area contributed by atoms with E-state index in [1.54, 1.807) is 7.11 Å². The molecular weight excluding hydrogens is 282 g/mol. The van der Waals surface area contributed by atoms with E-state index < -0.39 is 6.10 Å². The number of ether oxygens (including phenoxy) is 2. The highest BCUT2D eigenvalue weighted by Gasteiger charge is 2.32. The van der Waals surface area contributed by atoms with Crippen molar-refractivity contribution in [3.05, 3.63) is 35.9 Å². The van der Waals surface area contributed by atoms with Gasteiger partial charge in [0.15, 0.2) is 0 Å². The largest absolute Gasteiger partial charge is 0.390 e. The van der Waals surface area contributed by atoms with Gasteiger partial charge in [-0.25, -0.2) is 0 Å². The average molecular weight is 307 g/mol. The Morgan fingerprint density at radius 3 is 2.82 bits per heavy atom. The first-order chi connectivity index (χ1) is 10.7. The van der Waals surface area contributed by atoms with E-state index in [4.69, 9.17) is 9.47 Å². The van der Waals surface area contributed by atoms with Gasteiger partial charge in [0.2, 0.25) is 5.91 Å². The number of carbonyl (C=O) groups excluding carboxylic acids is 1. The van der Waals surface area contributed by atoms with Crippen molar-refractivity contribution in [1.82, 2.24) is 5.32 Å². The number of methoxy groups -OCH3 is 1. The smallest absolute Gasteiger partial charge is 0.223 e. The number of aliphatic hydroxyl groups is 1. The molecule has 122 valence electrons. The summed E-state index contributed by atoms with van der Waals surface area (Å²) in [7, 11) is 1.57. The molecule has 3 atom stereocenters. The molecule has 1 aromatic carbocycles. The Kier molecular flexibility index (Phi) is 6.83. The van der Waals surface area contributed by atoms with Crippen LogP contribution in [0.2, 0.25) is 0 Å². The van der Waals surface area contributed by atoms with E-state index in [1.165, 1.54) is 0 Å². The maximum atomic E-state index is 12.1. The van der Waals surface area contributed by atoms with Crippen LogP contribution in [-0.2, 0) is 20.9 Å². The van der Waals surface area contributed by atoms with Crippen molar-refractivity contribution in [2.75, 3.05) is 20.3 Å². The van der Waals surface area contributed by atoms with Gasteiger partial charge in [0, 0.05) is 19.6 Å². The minimum Gasteiger partial charge on any atom is -0.390 e. The molecule has 2 rings (SSSR count). The molecule has 5 nitrogen and oxygen atoms in total. The molecule has 0 heterocycles. The van der Waals surface area contributed by atoms with Crippen LogP contribution in [0.15, 0.2) is 30.3 Å². The highest BCUT2D eigenvalue weighted by atomic mass is 16.5.